The number of Topliss-reactive ketones (excluding diaryl/α,β-unsaturated/α-hetero) is 1. The van der Waals surface area contributed by atoms with Gasteiger partial charge in [0.15, 0.2) is 0 Å². The maximum absolute atomic E-state index is 13.0. The SMILES string of the molecule is COc1cccc(/C(O)=C2/C(=O)C(=O)N(CCCN(C)C)C2c2cccc(Br)c2)c1. The van der Waals surface area contributed by atoms with Gasteiger partial charge in [-0.05, 0) is 56.9 Å². The number of benzene rings is 2. The van der Waals surface area contributed by atoms with E-state index in [9.17, 15) is 14.7 Å². The first kappa shape index (κ1) is 22.1. The summed E-state index contributed by atoms with van der Waals surface area (Å²) in [5, 5.41) is 11.1. The molecule has 30 heavy (non-hydrogen) atoms. The average Bonchev–Trinajstić information content (AvgIpc) is 2.98. The summed E-state index contributed by atoms with van der Waals surface area (Å²) in [6, 6.07) is 13.6. The number of aliphatic hydroxyl groups excluding tert-OH is 1. The Morgan fingerprint density at radius 3 is 2.57 bits per heavy atom. The Morgan fingerprint density at radius 1 is 1.17 bits per heavy atom. The number of aliphatic hydroxyl groups is 1. The van der Waals surface area contributed by atoms with Crippen LogP contribution in [0.1, 0.15) is 23.6 Å². The lowest BCUT2D eigenvalue weighted by molar-refractivity contribution is -0.139. The minimum absolute atomic E-state index is 0.0937. The molecule has 1 heterocycles. The van der Waals surface area contributed by atoms with Gasteiger partial charge in [0, 0.05) is 16.6 Å². The lowest BCUT2D eigenvalue weighted by Crippen LogP contribution is -2.32. The lowest BCUT2D eigenvalue weighted by Gasteiger charge is -2.26. The minimum atomic E-state index is -0.676. The second-order valence-corrected chi connectivity index (χ2v) is 8.35. The van der Waals surface area contributed by atoms with Crippen molar-refractivity contribution in [2.45, 2.75) is 12.5 Å². The second kappa shape index (κ2) is 9.45. The molecule has 1 N–H and O–H groups in total. The molecule has 2 aromatic rings. The van der Waals surface area contributed by atoms with Gasteiger partial charge in [-0.3, -0.25) is 9.59 Å². The predicted octanol–water partition coefficient (Wildman–Crippen LogP) is 3.83. The molecule has 0 saturated carbocycles. The molecule has 3 rings (SSSR count). The van der Waals surface area contributed by atoms with E-state index in [2.05, 4.69) is 15.9 Å². The summed E-state index contributed by atoms with van der Waals surface area (Å²) in [6.07, 6.45) is 0.712. The third-order valence-electron chi connectivity index (χ3n) is 5.05. The van der Waals surface area contributed by atoms with E-state index in [1.54, 1.807) is 29.2 Å². The van der Waals surface area contributed by atoms with Crippen LogP contribution >= 0.6 is 15.9 Å². The molecule has 1 aliphatic rings. The first-order valence-corrected chi connectivity index (χ1v) is 10.5. The number of likely N-dealkylation sites (tertiary alicyclic amines) is 1. The quantitative estimate of drug-likeness (QED) is 0.376. The van der Waals surface area contributed by atoms with Crippen molar-refractivity contribution in [3.05, 3.63) is 69.7 Å². The molecule has 158 valence electrons. The highest BCUT2D eigenvalue weighted by molar-refractivity contribution is 9.10. The van der Waals surface area contributed by atoms with Gasteiger partial charge >= 0.3 is 0 Å². The number of halogens is 1. The molecule has 1 unspecified atom stereocenters. The third kappa shape index (κ3) is 4.57. The molecule has 0 bridgehead atoms. The summed E-state index contributed by atoms with van der Waals surface area (Å²) in [7, 11) is 5.45. The molecule has 0 spiro atoms. The van der Waals surface area contributed by atoms with Crippen molar-refractivity contribution in [1.29, 1.82) is 0 Å². The molecule has 1 fully saturated rings. The van der Waals surface area contributed by atoms with Crippen LogP contribution in [0.5, 0.6) is 5.75 Å². The highest BCUT2D eigenvalue weighted by Crippen LogP contribution is 2.40. The Morgan fingerprint density at radius 2 is 1.90 bits per heavy atom. The molecule has 0 radical (unpaired) electrons. The summed E-state index contributed by atoms with van der Waals surface area (Å²) in [4.78, 5) is 29.5. The van der Waals surface area contributed by atoms with Crippen LogP contribution in [0.15, 0.2) is 58.6 Å². The van der Waals surface area contributed by atoms with Crippen molar-refractivity contribution in [1.82, 2.24) is 9.80 Å². The van der Waals surface area contributed by atoms with E-state index in [4.69, 9.17) is 4.74 Å². The Labute approximate surface area is 184 Å². The largest absolute Gasteiger partial charge is 0.507 e. The molecule has 1 saturated heterocycles. The van der Waals surface area contributed by atoms with E-state index >= 15 is 0 Å². The fourth-order valence-corrected chi connectivity index (χ4v) is 4.03. The maximum Gasteiger partial charge on any atom is 0.295 e. The topological polar surface area (TPSA) is 70.1 Å². The third-order valence-corrected chi connectivity index (χ3v) is 5.55. The fraction of sp³-hybridized carbons (Fsp3) is 0.304. The maximum atomic E-state index is 13.0. The van der Waals surface area contributed by atoms with Crippen molar-refractivity contribution in [3.63, 3.8) is 0 Å². The van der Waals surface area contributed by atoms with Crippen molar-refractivity contribution >= 4 is 33.4 Å². The average molecular weight is 473 g/mol. The Kier molecular flexibility index (Phi) is 6.95. The van der Waals surface area contributed by atoms with E-state index in [1.807, 2.05) is 43.3 Å². The molecule has 7 heteroatoms. The van der Waals surface area contributed by atoms with E-state index < -0.39 is 17.7 Å². The van der Waals surface area contributed by atoms with E-state index in [-0.39, 0.29) is 11.3 Å². The molecular formula is C23H25BrN2O4. The molecule has 0 aromatic heterocycles. The molecular weight excluding hydrogens is 448 g/mol. The number of ether oxygens (including phenoxy) is 1. The number of carbonyl (C=O) groups excluding carboxylic acids is 2. The Balaban J connectivity index is 2.11. The molecule has 0 aliphatic carbocycles. The summed E-state index contributed by atoms with van der Waals surface area (Å²) >= 11 is 3.46. The highest BCUT2D eigenvalue weighted by Gasteiger charge is 2.45. The van der Waals surface area contributed by atoms with Crippen LogP contribution in [0.25, 0.3) is 5.76 Å². The molecule has 6 nitrogen and oxygen atoms in total. The van der Waals surface area contributed by atoms with Gasteiger partial charge in [0.25, 0.3) is 11.7 Å². The Hall–Kier alpha value is -2.64. The van der Waals surface area contributed by atoms with Crippen LogP contribution in [0.4, 0.5) is 0 Å². The van der Waals surface area contributed by atoms with Crippen LogP contribution < -0.4 is 4.74 Å². The van der Waals surface area contributed by atoms with Gasteiger partial charge in [0.2, 0.25) is 0 Å². The van der Waals surface area contributed by atoms with Crippen molar-refractivity contribution in [3.8, 4) is 5.75 Å². The van der Waals surface area contributed by atoms with E-state index in [0.717, 1.165) is 16.6 Å². The van der Waals surface area contributed by atoms with E-state index in [0.29, 0.717) is 24.3 Å². The van der Waals surface area contributed by atoms with Crippen molar-refractivity contribution in [2.75, 3.05) is 34.3 Å². The van der Waals surface area contributed by atoms with Crippen molar-refractivity contribution in [2.24, 2.45) is 0 Å². The summed E-state index contributed by atoms with van der Waals surface area (Å²) in [5.74, 6) is -0.918. The first-order chi connectivity index (χ1) is 14.3. The minimum Gasteiger partial charge on any atom is -0.507 e. The number of nitrogens with zero attached hydrogens (tertiary/aromatic N) is 2. The highest BCUT2D eigenvalue weighted by atomic mass is 79.9. The molecule has 2 aromatic carbocycles. The predicted molar refractivity (Wildman–Crippen MR) is 119 cm³/mol. The zero-order valence-corrected chi connectivity index (χ0v) is 18.8. The number of amides is 1. The smallest absolute Gasteiger partial charge is 0.295 e. The van der Waals surface area contributed by atoms with Crippen LogP contribution in [-0.2, 0) is 9.59 Å². The number of rotatable bonds is 7. The van der Waals surface area contributed by atoms with Gasteiger partial charge in [-0.2, -0.15) is 0 Å². The van der Waals surface area contributed by atoms with Gasteiger partial charge in [-0.1, -0.05) is 40.2 Å². The van der Waals surface area contributed by atoms with Gasteiger partial charge in [-0.25, -0.2) is 0 Å². The van der Waals surface area contributed by atoms with Crippen LogP contribution in [-0.4, -0.2) is 60.9 Å². The standard InChI is InChI=1S/C23H25BrN2O4/c1-25(2)11-6-12-26-20(15-7-4-9-17(24)13-15)19(22(28)23(26)29)21(27)16-8-5-10-18(14-16)30-3/h4-5,7-10,13-14,20,27H,6,11-12H2,1-3H3/b21-19-. The molecule has 1 aliphatic heterocycles. The number of hydrogen-bond acceptors (Lipinski definition) is 5. The number of carbonyl (C=O) groups is 2. The summed E-state index contributed by atoms with van der Waals surface area (Å²) < 4.78 is 6.07. The van der Waals surface area contributed by atoms with Crippen LogP contribution in [0, 0.1) is 0 Å². The lowest BCUT2D eigenvalue weighted by atomic mass is 9.95. The number of methoxy groups -OCH3 is 1. The van der Waals surface area contributed by atoms with Crippen molar-refractivity contribution < 1.29 is 19.4 Å². The summed E-state index contributed by atoms with van der Waals surface area (Å²) in [6.45, 7) is 1.19. The molecule has 1 amide bonds. The first-order valence-electron chi connectivity index (χ1n) is 9.66. The zero-order chi connectivity index (χ0) is 21.8. The van der Waals surface area contributed by atoms with Gasteiger partial charge in [0.05, 0.1) is 18.7 Å². The normalized spacial score (nSPS) is 18.3. The second-order valence-electron chi connectivity index (χ2n) is 7.44. The summed E-state index contributed by atoms with van der Waals surface area (Å²) in [5.41, 5.74) is 1.29. The molecule has 1 atom stereocenters. The van der Waals surface area contributed by atoms with Gasteiger partial charge < -0.3 is 19.6 Å². The number of ketones is 1. The van der Waals surface area contributed by atoms with Crippen LogP contribution in [0.3, 0.4) is 0 Å². The zero-order valence-electron chi connectivity index (χ0n) is 17.3. The Bertz CT molecular complexity index is 987. The number of hydrogen-bond donors (Lipinski definition) is 1. The van der Waals surface area contributed by atoms with E-state index in [1.165, 1.54) is 7.11 Å². The van der Waals surface area contributed by atoms with Crippen LogP contribution in [0.2, 0.25) is 0 Å². The van der Waals surface area contributed by atoms with Gasteiger partial charge in [-0.15, -0.1) is 0 Å². The fourth-order valence-electron chi connectivity index (χ4n) is 3.62. The van der Waals surface area contributed by atoms with Gasteiger partial charge in [0.1, 0.15) is 11.5 Å². The monoisotopic (exact) mass is 472 g/mol.